The van der Waals surface area contributed by atoms with E-state index >= 15 is 0 Å². The van der Waals surface area contributed by atoms with Crippen LogP contribution in [0.15, 0.2) is 48.6 Å². The predicted octanol–water partition coefficient (Wildman–Crippen LogP) is 11.7. The molecule has 0 heterocycles. The van der Waals surface area contributed by atoms with Crippen LogP contribution in [0, 0.1) is 0 Å². The summed E-state index contributed by atoms with van der Waals surface area (Å²) < 4.78 is 10.6. The maximum Gasteiger partial charge on any atom is 0.306 e. The SMILES string of the molecule is CCCCC/C=C\C/C=C\C/C=C\C/C=C\CCCC(=O)OCC(CO)OC(=O)CCCCCCCCCCCCCCCCCCCCC(O)CO. The Morgan fingerprint density at radius 1 is 0.491 bits per heavy atom. The van der Waals surface area contributed by atoms with Gasteiger partial charge in [0.1, 0.15) is 6.61 Å². The standard InChI is InChI=1S/C46H82O7/c1-2-3-4-5-6-7-8-9-10-13-17-20-23-26-29-32-35-38-45(50)52-42-44(41-48)53-46(51)39-36-33-30-27-24-21-18-15-12-11-14-16-19-22-25-28-31-34-37-43(49)40-47/h6-7,9-10,17,20,26,29,43-44,47-49H,2-5,8,11-16,18-19,21-25,27-28,30-42H2,1H3/b7-6-,10-9-,20-17-,29-26-. The molecule has 0 aliphatic rings. The summed E-state index contributed by atoms with van der Waals surface area (Å²) in [5.41, 5.74) is 0. The van der Waals surface area contributed by atoms with Crippen LogP contribution in [0.1, 0.15) is 200 Å². The summed E-state index contributed by atoms with van der Waals surface area (Å²) in [6.07, 6.45) is 48.9. The molecule has 0 spiro atoms. The lowest BCUT2D eigenvalue weighted by Gasteiger charge is -2.15. The van der Waals surface area contributed by atoms with Gasteiger partial charge in [-0.05, 0) is 57.8 Å². The van der Waals surface area contributed by atoms with E-state index in [-0.39, 0.29) is 31.8 Å². The fourth-order valence-electron chi connectivity index (χ4n) is 6.12. The van der Waals surface area contributed by atoms with Crippen LogP contribution >= 0.6 is 0 Å². The van der Waals surface area contributed by atoms with E-state index in [1.54, 1.807) is 0 Å². The van der Waals surface area contributed by atoms with Crippen LogP contribution in [0.25, 0.3) is 0 Å². The monoisotopic (exact) mass is 747 g/mol. The van der Waals surface area contributed by atoms with Crippen molar-refractivity contribution in [1.29, 1.82) is 0 Å². The first-order valence-corrected chi connectivity index (χ1v) is 21.9. The molecule has 0 saturated heterocycles. The molecule has 0 amide bonds. The molecule has 0 aromatic carbocycles. The summed E-state index contributed by atoms with van der Waals surface area (Å²) in [6.45, 7) is 1.65. The zero-order valence-electron chi connectivity index (χ0n) is 34.1. The lowest BCUT2D eigenvalue weighted by molar-refractivity contribution is -0.161. The van der Waals surface area contributed by atoms with Crippen LogP contribution in [0.2, 0.25) is 0 Å². The van der Waals surface area contributed by atoms with Gasteiger partial charge in [0.15, 0.2) is 6.10 Å². The summed E-state index contributed by atoms with van der Waals surface area (Å²) >= 11 is 0. The summed E-state index contributed by atoms with van der Waals surface area (Å²) in [7, 11) is 0. The van der Waals surface area contributed by atoms with E-state index in [4.69, 9.17) is 14.6 Å². The van der Waals surface area contributed by atoms with Crippen molar-refractivity contribution in [3.05, 3.63) is 48.6 Å². The van der Waals surface area contributed by atoms with Gasteiger partial charge in [0.2, 0.25) is 0 Å². The lowest BCUT2D eigenvalue weighted by Crippen LogP contribution is -2.28. The molecular weight excluding hydrogens is 664 g/mol. The van der Waals surface area contributed by atoms with Crippen molar-refractivity contribution in [3.63, 3.8) is 0 Å². The van der Waals surface area contributed by atoms with Crippen molar-refractivity contribution in [3.8, 4) is 0 Å². The van der Waals surface area contributed by atoms with E-state index in [0.717, 1.165) is 64.2 Å². The van der Waals surface area contributed by atoms with Crippen molar-refractivity contribution in [2.45, 2.75) is 212 Å². The van der Waals surface area contributed by atoms with Crippen LogP contribution in [0.3, 0.4) is 0 Å². The Bertz CT molecular complexity index is 910. The first kappa shape index (κ1) is 50.8. The fraction of sp³-hybridized carbons (Fsp3) is 0.783. The van der Waals surface area contributed by atoms with Gasteiger partial charge >= 0.3 is 11.9 Å². The molecule has 7 heteroatoms. The van der Waals surface area contributed by atoms with Gasteiger partial charge in [0, 0.05) is 12.8 Å². The van der Waals surface area contributed by atoms with Gasteiger partial charge in [0.05, 0.1) is 19.3 Å². The number of unbranched alkanes of at least 4 members (excludes halogenated alkanes) is 21. The number of hydrogen-bond donors (Lipinski definition) is 3. The Hall–Kier alpha value is -2.22. The molecule has 308 valence electrons. The lowest BCUT2D eigenvalue weighted by atomic mass is 10.0. The predicted molar refractivity (Wildman–Crippen MR) is 222 cm³/mol. The third-order valence-electron chi connectivity index (χ3n) is 9.52. The summed E-state index contributed by atoms with van der Waals surface area (Å²) in [4.78, 5) is 24.3. The molecule has 0 aromatic rings. The zero-order valence-corrected chi connectivity index (χ0v) is 34.1. The van der Waals surface area contributed by atoms with Crippen molar-refractivity contribution in [1.82, 2.24) is 0 Å². The average molecular weight is 747 g/mol. The van der Waals surface area contributed by atoms with Crippen LogP contribution in [-0.4, -0.2) is 59.3 Å². The second-order valence-electron chi connectivity index (χ2n) is 14.7. The number of carbonyl (C=O) groups excluding carboxylic acids is 2. The van der Waals surface area contributed by atoms with Gasteiger partial charge in [-0.1, -0.05) is 178 Å². The van der Waals surface area contributed by atoms with Crippen molar-refractivity contribution < 1.29 is 34.4 Å². The molecule has 2 atom stereocenters. The Morgan fingerprint density at radius 3 is 1.36 bits per heavy atom. The number of hydrogen-bond acceptors (Lipinski definition) is 7. The highest BCUT2D eigenvalue weighted by atomic mass is 16.6. The third kappa shape index (κ3) is 40.8. The Morgan fingerprint density at radius 2 is 0.906 bits per heavy atom. The highest BCUT2D eigenvalue weighted by Crippen LogP contribution is 2.15. The van der Waals surface area contributed by atoms with Gasteiger partial charge in [-0.25, -0.2) is 0 Å². The number of carbonyl (C=O) groups is 2. The zero-order chi connectivity index (χ0) is 38.7. The second-order valence-corrected chi connectivity index (χ2v) is 14.7. The first-order valence-electron chi connectivity index (χ1n) is 21.9. The second kappa shape index (κ2) is 42.5. The normalized spacial score (nSPS) is 13.2. The molecule has 3 N–H and O–H groups in total. The van der Waals surface area contributed by atoms with Gasteiger partial charge in [-0.2, -0.15) is 0 Å². The quantitative estimate of drug-likeness (QED) is 0.0325. The maximum absolute atomic E-state index is 12.2. The van der Waals surface area contributed by atoms with Crippen LogP contribution in [0.5, 0.6) is 0 Å². The molecular formula is C46H82O7. The van der Waals surface area contributed by atoms with E-state index in [1.807, 2.05) is 0 Å². The number of ether oxygens (including phenoxy) is 2. The number of aliphatic hydroxyl groups excluding tert-OH is 3. The molecule has 7 nitrogen and oxygen atoms in total. The van der Waals surface area contributed by atoms with E-state index < -0.39 is 12.2 Å². The molecule has 0 aliphatic heterocycles. The maximum atomic E-state index is 12.2. The molecule has 53 heavy (non-hydrogen) atoms. The van der Waals surface area contributed by atoms with Gasteiger partial charge < -0.3 is 24.8 Å². The van der Waals surface area contributed by atoms with Crippen molar-refractivity contribution >= 4 is 11.9 Å². The largest absolute Gasteiger partial charge is 0.462 e. The van der Waals surface area contributed by atoms with E-state index in [0.29, 0.717) is 19.3 Å². The summed E-state index contributed by atoms with van der Waals surface area (Å²) in [5, 5.41) is 27.7. The minimum Gasteiger partial charge on any atom is -0.462 e. The summed E-state index contributed by atoms with van der Waals surface area (Å²) in [6, 6.07) is 0. The molecule has 2 unspecified atom stereocenters. The van der Waals surface area contributed by atoms with Gasteiger partial charge in [-0.15, -0.1) is 0 Å². The Kier molecular flexibility index (Phi) is 40.7. The number of rotatable bonds is 40. The smallest absolute Gasteiger partial charge is 0.306 e. The van der Waals surface area contributed by atoms with E-state index in [9.17, 15) is 19.8 Å². The van der Waals surface area contributed by atoms with Gasteiger partial charge in [0.25, 0.3) is 0 Å². The van der Waals surface area contributed by atoms with E-state index in [2.05, 4.69) is 55.5 Å². The fourth-order valence-corrected chi connectivity index (χ4v) is 6.12. The molecule has 0 bridgehead atoms. The van der Waals surface area contributed by atoms with Crippen LogP contribution in [0.4, 0.5) is 0 Å². The molecule has 0 aromatic heterocycles. The Balaban J connectivity index is 3.58. The Labute approximate surface area is 325 Å². The molecule has 0 fully saturated rings. The number of esters is 2. The minimum absolute atomic E-state index is 0.104. The van der Waals surface area contributed by atoms with Crippen molar-refractivity contribution in [2.75, 3.05) is 19.8 Å². The molecule has 0 saturated carbocycles. The van der Waals surface area contributed by atoms with Crippen LogP contribution < -0.4 is 0 Å². The van der Waals surface area contributed by atoms with Gasteiger partial charge in [-0.3, -0.25) is 9.59 Å². The first-order chi connectivity index (χ1) is 26.0. The minimum atomic E-state index is -0.805. The van der Waals surface area contributed by atoms with Crippen LogP contribution in [-0.2, 0) is 19.1 Å². The highest BCUT2D eigenvalue weighted by molar-refractivity contribution is 5.70. The third-order valence-corrected chi connectivity index (χ3v) is 9.52. The number of allylic oxidation sites excluding steroid dienone is 8. The highest BCUT2D eigenvalue weighted by Gasteiger charge is 2.16. The van der Waals surface area contributed by atoms with Crippen molar-refractivity contribution in [2.24, 2.45) is 0 Å². The van der Waals surface area contributed by atoms with E-state index in [1.165, 1.54) is 109 Å². The topological polar surface area (TPSA) is 113 Å². The average Bonchev–Trinajstić information content (AvgIpc) is 3.16. The number of aliphatic hydroxyl groups is 3. The molecule has 0 aliphatic carbocycles. The summed E-state index contributed by atoms with van der Waals surface area (Å²) in [5.74, 6) is -0.675. The molecule has 0 rings (SSSR count). The molecule has 0 radical (unpaired) electrons.